The summed E-state index contributed by atoms with van der Waals surface area (Å²) in [5, 5.41) is 0. The third-order valence-electron chi connectivity index (χ3n) is 3.97. The van der Waals surface area contributed by atoms with E-state index in [0.717, 1.165) is 16.8 Å². The fourth-order valence-electron chi connectivity index (χ4n) is 2.52. The first-order valence-corrected chi connectivity index (χ1v) is 8.14. The lowest BCUT2D eigenvalue weighted by Gasteiger charge is -2.28. The van der Waals surface area contributed by atoms with Gasteiger partial charge in [0, 0.05) is 25.0 Å². The van der Waals surface area contributed by atoms with Gasteiger partial charge in [0.25, 0.3) is 0 Å². The number of benzene rings is 1. The standard InChI is InChI=1S/C15H18N2O2S/c1-12-5-6-15(10-13(12)2)20(18,19)17-9-8-16-7-3-4-14(16)11-17/h3-7,10H,8-9,11H2,1-2H3. The van der Waals surface area contributed by atoms with Crippen LogP contribution in [-0.2, 0) is 23.1 Å². The number of aromatic nitrogens is 1. The molecule has 0 unspecified atom stereocenters. The van der Waals surface area contributed by atoms with E-state index < -0.39 is 10.0 Å². The summed E-state index contributed by atoms with van der Waals surface area (Å²) < 4.78 is 29.1. The normalized spacial score (nSPS) is 16.1. The minimum Gasteiger partial charge on any atom is -0.349 e. The lowest BCUT2D eigenvalue weighted by atomic mass is 10.1. The Kier molecular flexibility index (Phi) is 3.18. The van der Waals surface area contributed by atoms with Crippen LogP contribution in [0.3, 0.4) is 0 Å². The van der Waals surface area contributed by atoms with Crippen molar-refractivity contribution in [1.29, 1.82) is 0 Å². The van der Waals surface area contributed by atoms with Gasteiger partial charge < -0.3 is 4.57 Å². The Hall–Kier alpha value is -1.59. The maximum absolute atomic E-state index is 12.7. The highest BCUT2D eigenvalue weighted by atomic mass is 32.2. The van der Waals surface area contributed by atoms with Crippen molar-refractivity contribution in [3.05, 3.63) is 53.3 Å². The van der Waals surface area contributed by atoms with Crippen LogP contribution in [0.15, 0.2) is 41.4 Å². The molecular formula is C15H18N2O2S. The molecule has 3 rings (SSSR count). The molecule has 0 aliphatic carbocycles. The summed E-state index contributed by atoms with van der Waals surface area (Å²) in [6.45, 7) is 5.61. The zero-order valence-electron chi connectivity index (χ0n) is 11.7. The van der Waals surface area contributed by atoms with Gasteiger partial charge >= 0.3 is 0 Å². The molecule has 2 heterocycles. The highest BCUT2D eigenvalue weighted by Crippen LogP contribution is 2.23. The molecule has 0 fully saturated rings. The fourth-order valence-corrected chi connectivity index (χ4v) is 4.01. The van der Waals surface area contributed by atoms with Crippen LogP contribution in [0.5, 0.6) is 0 Å². The molecule has 5 heteroatoms. The second-order valence-electron chi connectivity index (χ2n) is 5.28. The van der Waals surface area contributed by atoms with Crippen LogP contribution in [0, 0.1) is 13.8 Å². The van der Waals surface area contributed by atoms with Gasteiger partial charge in [0.2, 0.25) is 10.0 Å². The third kappa shape index (κ3) is 2.17. The second kappa shape index (κ2) is 4.75. The Labute approximate surface area is 119 Å². The zero-order chi connectivity index (χ0) is 14.3. The molecule has 0 amide bonds. The number of fused-ring (bicyclic) bond motifs is 1. The summed E-state index contributed by atoms with van der Waals surface area (Å²) in [5.41, 5.74) is 3.16. The van der Waals surface area contributed by atoms with Crippen LogP contribution in [0.4, 0.5) is 0 Å². The Balaban J connectivity index is 1.95. The first kappa shape index (κ1) is 13.4. The summed E-state index contributed by atoms with van der Waals surface area (Å²) in [6, 6.07) is 9.27. The molecule has 0 spiro atoms. The molecule has 1 aliphatic rings. The van der Waals surface area contributed by atoms with E-state index in [1.54, 1.807) is 16.4 Å². The molecule has 0 bridgehead atoms. The summed E-state index contributed by atoms with van der Waals surface area (Å²) in [4.78, 5) is 0.389. The van der Waals surface area contributed by atoms with Gasteiger partial charge in [-0.3, -0.25) is 0 Å². The van der Waals surface area contributed by atoms with E-state index >= 15 is 0 Å². The zero-order valence-corrected chi connectivity index (χ0v) is 12.5. The van der Waals surface area contributed by atoms with Crippen molar-refractivity contribution in [1.82, 2.24) is 8.87 Å². The minimum atomic E-state index is -3.40. The van der Waals surface area contributed by atoms with Crippen molar-refractivity contribution in [3.8, 4) is 0 Å². The summed E-state index contributed by atoms with van der Waals surface area (Å²) >= 11 is 0. The van der Waals surface area contributed by atoms with E-state index in [9.17, 15) is 8.42 Å². The number of hydrogen-bond donors (Lipinski definition) is 0. The predicted octanol–water partition coefficient (Wildman–Crippen LogP) is 2.31. The molecule has 0 saturated heterocycles. The van der Waals surface area contributed by atoms with Crippen LogP contribution in [0.2, 0.25) is 0 Å². The monoisotopic (exact) mass is 290 g/mol. The van der Waals surface area contributed by atoms with Gasteiger partial charge in [-0.1, -0.05) is 6.07 Å². The average molecular weight is 290 g/mol. The van der Waals surface area contributed by atoms with E-state index in [2.05, 4.69) is 4.57 Å². The highest BCUT2D eigenvalue weighted by molar-refractivity contribution is 7.89. The number of rotatable bonds is 2. The highest BCUT2D eigenvalue weighted by Gasteiger charge is 2.28. The van der Waals surface area contributed by atoms with Crippen molar-refractivity contribution in [2.24, 2.45) is 0 Å². The summed E-state index contributed by atoms with van der Waals surface area (Å²) in [6.07, 6.45) is 2.00. The van der Waals surface area contributed by atoms with E-state index in [0.29, 0.717) is 24.5 Å². The Morgan fingerprint density at radius 1 is 1.05 bits per heavy atom. The molecular weight excluding hydrogens is 272 g/mol. The van der Waals surface area contributed by atoms with E-state index in [-0.39, 0.29) is 0 Å². The van der Waals surface area contributed by atoms with Crippen LogP contribution in [0.25, 0.3) is 0 Å². The van der Waals surface area contributed by atoms with Gasteiger partial charge in [0.15, 0.2) is 0 Å². The maximum atomic E-state index is 12.7. The summed E-state index contributed by atoms with van der Waals surface area (Å²) in [7, 11) is -3.40. The topological polar surface area (TPSA) is 42.3 Å². The molecule has 0 radical (unpaired) electrons. The minimum absolute atomic E-state index is 0.389. The first-order valence-electron chi connectivity index (χ1n) is 6.70. The average Bonchev–Trinajstić information content (AvgIpc) is 2.89. The number of hydrogen-bond acceptors (Lipinski definition) is 2. The van der Waals surface area contributed by atoms with Crippen molar-refractivity contribution in [2.45, 2.75) is 31.8 Å². The van der Waals surface area contributed by atoms with Crippen molar-refractivity contribution in [3.63, 3.8) is 0 Å². The van der Waals surface area contributed by atoms with Gasteiger partial charge in [-0.25, -0.2) is 8.42 Å². The van der Waals surface area contributed by atoms with E-state index in [1.165, 1.54) is 0 Å². The van der Waals surface area contributed by atoms with Gasteiger partial charge in [-0.05, 0) is 49.2 Å². The van der Waals surface area contributed by atoms with Crippen molar-refractivity contribution < 1.29 is 8.42 Å². The molecule has 4 nitrogen and oxygen atoms in total. The third-order valence-corrected chi connectivity index (χ3v) is 5.81. The number of nitrogens with zero attached hydrogens (tertiary/aromatic N) is 2. The predicted molar refractivity (Wildman–Crippen MR) is 77.9 cm³/mol. The van der Waals surface area contributed by atoms with Crippen molar-refractivity contribution in [2.75, 3.05) is 6.54 Å². The van der Waals surface area contributed by atoms with Gasteiger partial charge in [0.05, 0.1) is 11.4 Å². The molecule has 1 aliphatic heterocycles. The smallest absolute Gasteiger partial charge is 0.243 e. The molecule has 1 aromatic heterocycles. The maximum Gasteiger partial charge on any atom is 0.243 e. The van der Waals surface area contributed by atoms with Crippen LogP contribution in [0.1, 0.15) is 16.8 Å². The van der Waals surface area contributed by atoms with Gasteiger partial charge in [-0.2, -0.15) is 4.31 Å². The SMILES string of the molecule is Cc1ccc(S(=O)(=O)N2CCn3cccc3C2)cc1C. The fraction of sp³-hybridized carbons (Fsp3) is 0.333. The molecule has 106 valence electrons. The largest absolute Gasteiger partial charge is 0.349 e. The van der Waals surface area contributed by atoms with Gasteiger partial charge in [-0.15, -0.1) is 0 Å². The first-order chi connectivity index (χ1) is 9.48. The lowest BCUT2D eigenvalue weighted by molar-refractivity contribution is 0.341. The van der Waals surface area contributed by atoms with Gasteiger partial charge in [0.1, 0.15) is 0 Å². The van der Waals surface area contributed by atoms with Crippen LogP contribution >= 0.6 is 0 Å². The molecule has 0 saturated carbocycles. The molecule has 20 heavy (non-hydrogen) atoms. The van der Waals surface area contributed by atoms with Crippen LogP contribution in [-0.4, -0.2) is 23.8 Å². The molecule has 1 aromatic carbocycles. The Morgan fingerprint density at radius 3 is 2.60 bits per heavy atom. The summed E-state index contributed by atoms with van der Waals surface area (Å²) in [5.74, 6) is 0. The Bertz CT molecular complexity index is 747. The van der Waals surface area contributed by atoms with E-state index in [4.69, 9.17) is 0 Å². The lowest BCUT2D eigenvalue weighted by Crippen LogP contribution is -2.37. The quantitative estimate of drug-likeness (QED) is 0.852. The molecule has 0 N–H and O–H groups in total. The number of sulfonamides is 1. The Morgan fingerprint density at radius 2 is 1.85 bits per heavy atom. The second-order valence-corrected chi connectivity index (χ2v) is 7.22. The van der Waals surface area contributed by atoms with E-state index in [1.807, 2.05) is 38.2 Å². The number of aryl methyl sites for hydroxylation is 2. The molecule has 0 atom stereocenters. The van der Waals surface area contributed by atoms with Crippen LogP contribution < -0.4 is 0 Å². The molecule has 2 aromatic rings. The van der Waals surface area contributed by atoms with Crippen molar-refractivity contribution >= 4 is 10.0 Å².